The number of halogens is 1. The van der Waals surface area contributed by atoms with Crippen LogP contribution in [0.4, 0.5) is 5.69 Å². The fourth-order valence-electron chi connectivity index (χ4n) is 2.69. The fourth-order valence-corrected chi connectivity index (χ4v) is 2.87. The molecule has 0 saturated heterocycles. The van der Waals surface area contributed by atoms with Crippen LogP contribution in [0.2, 0.25) is 5.02 Å². The number of imidazole rings is 1. The summed E-state index contributed by atoms with van der Waals surface area (Å²) in [4.78, 5) is 24.5. The second-order valence-corrected chi connectivity index (χ2v) is 6.15. The predicted molar refractivity (Wildman–Crippen MR) is 96.6 cm³/mol. The minimum absolute atomic E-state index is 0.123. The fraction of sp³-hybridized carbons (Fsp3) is 0.222. The monoisotopic (exact) mass is 343 g/mol. The number of amides is 1. The number of hydrogen-bond donors (Lipinski definition) is 1. The average Bonchev–Trinajstić information content (AvgIpc) is 2.81. The third kappa shape index (κ3) is 3.08. The van der Waals surface area contributed by atoms with E-state index in [1.165, 1.54) is 0 Å². The van der Waals surface area contributed by atoms with E-state index < -0.39 is 0 Å². The molecule has 0 bridgehead atoms. The van der Waals surface area contributed by atoms with Crippen molar-refractivity contribution in [3.8, 4) is 0 Å². The minimum atomic E-state index is -0.158. The molecule has 1 N–H and O–H groups in total. The number of para-hydroxylation sites is 2. The quantitative estimate of drug-likeness (QED) is 0.790. The molecule has 0 unspecified atom stereocenters. The first-order chi connectivity index (χ1) is 11.5. The number of rotatable bonds is 4. The molecule has 0 saturated carbocycles. The van der Waals surface area contributed by atoms with Gasteiger partial charge in [0.25, 0.3) is 0 Å². The first-order valence-corrected chi connectivity index (χ1v) is 8.05. The molecule has 0 aliphatic carbocycles. The van der Waals surface area contributed by atoms with E-state index in [1.807, 2.05) is 43.3 Å². The van der Waals surface area contributed by atoms with Gasteiger partial charge in [-0.25, -0.2) is 4.79 Å². The maximum absolute atomic E-state index is 12.3. The van der Waals surface area contributed by atoms with Gasteiger partial charge in [0.05, 0.1) is 11.0 Å². The summed E-state index contributed by atoms with van der Waals surface area (Å²) in [7, 11) is 1.73. The Hall–Kier alpha value is -2.53. The third-order valence-corrected chi connectivity index (χ3v) is 4.48. The summed E-state index contributed by atoms with van der Waals surface area (Å²) in [5, 5.41) is 3.42. The van der Waals surface area contributed by atoms with Gasteiger partial charge < -0.3 is 5.32 Å². The summed E-state index contributed by atoms with van der Waals surface area (Å²) < 4.78 is 3.21. The first-order valence-electron chi connectivity index (χ1n) is 7.67. The van der Waals surface area contributed by atoms with Crippen molar-refractivity contribution in [1.82, 2.24) is 9.13 Å². The van der Waals surface area contributed by atoms with Crippen molar-refractivity contribution < 1.29 is 4.79 Å². The molecule has 2 aromatic carbocycles. The van der Waals surface area contributed by atoms with Gasteiger partial charge in [-0.3, -0.25) is 13.9 Å². The highest BCUT2D eigenvalue weighted by molar-refractivity contribution is 6.31. The molecule has 1 aromatic heterocycles. The minimum Gasteiger partial charge on any atom is -0.326 e. The van der Waals surface area contributed by atoms with Crippen LogP contribution < -0.4 is 11.0 Å². The first kappa shape index (κ1) is 16.3. The highest BCUT2D eigenvalue weighted by Gasteiger charge is 2.11. The van der Waals surface area contributed by atoms with Crippen LogP contribution in [-0.2, 0) is 18.4 Å². The van der Waals surface area contributed by atoms with Gasteiger partial charge in [-0.1, -0.05) is 29.8 Å². The Morgan fingerprint density at radius 3 is 2.58 bits per heavy atom. The normalized spacial score (nSPS) is 11.0. The van der Waals surface area contributed by atoms with Crippen LogP contribution in [0.15, 0.2) is 47.3 Å². The largest absolute Gasteiger partial charge is 0.328 e. The maximum Gasteiger partial charge on any atom is 0.328 e. The van der Waals surface area contributed by atoms with Gasteiger partial charge in [-0.05, 0) is 36.8 Å². The molecule has 24 heavy (non-hydrogen) atoms. The second kappa shape index (κ2) is 6.53. The van der Waals surface area contributed by atoms with Gasteiger partial charge in [-0.15, -0.1) is 0 Å². The van der Waals surface area contributed by atoms with E-state index in [0.29, 0.717) is 17.3 Å². The smallest absolute Gasteiger partial charge is 0.326 e. The van der Waals surface area contributed by atoms with Gasteiger partial charge >= 0.3 is 5.69 Å². The van der Waals surface area contributed by atoms with Crippen LogP contribution in [0.5, 0.6) is 0 Å². The number of carbonyl (C=O) groups is 1. The molecule has 0 aliphatic heterocycles. The Morgan fingerprint density at radius 2 is 1.88 bits per heavy atom. The lowest BCUT2D eigenvalue weighted by atomic mass is 10.2. The Labute approximate surface area is 144 Å². The van der Waals surface area contributed by atoms with Crippen molar-refractivity contribution in [3.63, 3.8) is 0 Å². The molecular formula is C18H18ClN3O2. The predicted octanol–water partition coefficient (Wildman–Crippen LogP) is 3.33. The lowest BCUT2D eigenvalue weighted by Gasteiger charge is -2.07. The SMILES string of the molecule is Cc1ccc(NC(=O)CCn2c(=O)n(C)c3ccccc32)cc1Cl. The number of nitrogens with one attached hydrogen (secondary N) is 1. The van der Waals surface area contributed by atoms with Crippen LogP contribution >= 0.6 is 11.6 Å². The molecule has 0 fully saturated rings. The molecule has 1 amide bonds. The van der Waals surface area contributed by atoms with Crippen molar-refractivity contribution >= 4 is 34.2 Å². The van der Waals surface area contributed by atoms with Gasteiger partial charge in [0.15, 0.2) is 0 Å². The Bertz CT molecular complexity index is 972. The summed E-state index contributed by atoms with van der Waals surface area (Å²) >= 11 is 6.06. The summed E-state index contributed by atoms with van der Waals surface area (Å²) in [6.45, 7) is 2.23. The van der Waals surface area contributed by atoms with Crippen molar-refractivity contribution in [2.45, 2.75) is 19.9 Å². The van der Waals surface area contributed by atoms with E-state index in [2.05, 4.69) is 5.32 Å². The van der Waals surface area contributed by atoms with E-state index >= 15 is 0 Å². The Morgan fingerprint density at radius 1 is 1.17 bits per heavy atom. The van der Waals surface area contributed by atoms with Gasteiger partial charge in [0.1, 0.15) is 0 Å². The number of fused-ring (bicyclic) bond motifs is 1. The van der Waals surface area contributed by atoms with Crippen LogP contribution in [-0.4, -0.2) is 15.0 Å². The Balaban J connectivity index is 1.74. The molecule has 1 heterocycles. The lowest BCUT2D eigenvalue weighted by molar-refractivity contribution is -0.116. The van der Waals surface area contributed by atoms with E-state index in [-0.39, 0.29) is 18.0 Å². The van der Waals surface area contributed by atoms with Crippen LogP contribution in [0.25, 0.3) is 11.0 Å². The molecule has 6 heteroatoms. The van der Waals surface area contributed by atoms with Crippen LogP contribution in [0, 0.1) is 6.92 Å². The van der Waals surface area contributed by atoms with Crippen LogP contribution in [0.1, 0.15) is 12.0 Å². The molecule has 0 radical (unpaired) electrons. The van der Waals surface area contributed by atoms with E-state index in [9.17, 15) is 9.59 Å². The summed E-state index contributed by atoms with van der Waals surface area (Å²) in [5.74, 6) is -0.158. The lowest BCUT2D eigenvalue weighted by Crippen LogP contribution is -2.24. The summed E-state index contributed by atoms with van der Waals surface area (Å²) in [6.07, 6.45) is 0.208. The number of hydrogen-bond acceptors (Lipinski definition) is 2. The zero-order valence-electron chi connectivity index (χ0n) is 13.5. The third-order valence-electron chi connectivity index (χ3n) is 4.07. The highest BCUT2D eigenvalue weighted by Crippen LogP contribution is 2.20. The number of anilines is 1. The Kier molecular flexibility index (Phi) is 4.44. The number of aromatic nitrogens is 2. The van der Waals surface area contributed by atoms with E-state index in [1.54, 1.807) is 22.2 Å². The van der Waals surface area contributed by atoms with Crippen molar-refractivity contribution in [2.75, 3.05) is 5.32 Å². The average molecular weight is 344 g/mol. The van der Waals surface area contributed by atoms with E-state index in [4.69, 9.17) is 11.6 Å². The number of nitrogens with zero attached hydrogens (tertiary/aromatic N) is 2. The topological polar surface area (TPSA) is 56.0 Å². The van der Waals surface area contributed by atoms with Gasteiger partial charge in [0, 0.05) is 30.7 Å². The maximum atomic E-state index is 12.3. The summed E-state index contributed by atoms with van der Waals surface area (Å²) in [6, 6.07) is 12.9. The molecule has 5 nitrogen and oxygen atoms in total. The molecule has 0 spiro atoms. The molecule has 0 atom stereocenters. The van der Waals surface area contributed by atoms with Gasteiger partial charge in [0.2, 0.25) is 5.91 Å². The standard InChI is InChI=1S/C18H18ClN3O2/c1-12-7-8-13(11-14(12)19)20-17(23)9-10-22-16-6-4-3-5-15(16)21(2)18(22)24/h3-8,11H,9-10H2,1-2H3,(H,20,23). The van der Waals surface area contributed by atoms with Crippen molar-refractivity contribution in [2.24, 2.45) is 7.05 Å². The second-order valence-electron chi connectivity index (χ2n) is 5.74. The molecule has 3 aromatic rings. The number of carbonyl (C=O) groups excluding carboxylic acids is 1. The zero-order chi connectivity index (χ0) is 17.3. The van der Waals surface area contributed by atoms with Crippen LogP contribution in [0.3, 0.4) is 0 Å². The zero-order valence-corrected chi connectivity index (χ0v) is 14.3. The van der Waals surface area contributed by atoms with E-state index in [0.717, 1.165) is 16.6 Å². The molecule has 0 aliphatic rings. The van der Waals surface area contributed by atoms with Crippen molar-refractivity contribution in [1.29, 1.82) is 0 Å². The molecule has 3 rings (SSSR count). The number of aryl methyl sites for hydroxylation is 3. The summed E-state index contributed by atoms with van der Waals surface area (Å²) in [5.41, 5.74) is 3.17. The number of benzene rings is 2. The van der Waals surface area contributed by atoms with Gasteiger partial charge in [-0.2, -0.15) is 0 Å². The highest BCUT2D eigenvalue weighted by atomic mass is 35.5. The molecular weight excluding hydrogens is 326 g/mol. The molecule has 124 valence electrons. The van der Waals surface area contributed by atoms with Crippen molar-refractivity contribution in [3.05, 3.63) is 63.5 Å².